The molecule has 0 aliphatic heterocycles. The van der Waals surface area contributed by atoms with Crippen LogP contribution >= 0.6 is 22.6 Å². The van der Waals surface area contributed by atoms with Gasteiger partial charge in [-0.2, -0.15) is 0 Å². The van der Waals surface area contributed by atoms with E-state index >= 15 is 0 Å². The molecular formula is C9H8IN3. The molecule has 13 heavy (non-hydrogen) atoms. The molecular weight excluding hydrogens is 277 g/mol. The fraction of sp³-hybridized carbons (Fsp3) is 0. The number of hydrogen-bond acceptors (Lipinski definition) is 1. The van der Waals surface area contributed by atoms with Crippen molar-refractivity contribution in [2.24, 2.45) is 9.98 Å². The maximum atomic E-state index is 6.87. The molecule has 0 atom stereocenters. The van der Waals surface area contributed by atoms with Crippen LogP contribution in [0.25, 0.3) is 0 Å². The number of halogens is 1. The van der Waals surface area contributed by atoms with E-state index in [1.165, 1.54) is 0 Å². The van der Waals surface area contributed by atoms with E-state index in [4.69, 9.17) is 5.41 Å². The van der Waals surface area contributed by atoms with Gasteiger partial charge in [-0.3, -0.25) is 5.41 Å². The van der Waals surface area contributed by atoms with E-state index in [2.05, 4.69) is 9.98 Å². The molecule has 0 fully saturated rings. The minimum atomic E-state index is 0.560. The topological polar surface area (TPSA) is 48.6 Å². The first-order chi connectivity index (χ1) is 6.38. The predicted molar refractivity (Wildman–Crippen MR) is 64.3 cm³/mol. The fourth-order valence-electron chi connectivity index (χ4n) is 0.877. The zero-order chi connectivity index (χ0) is 9.52. The van der Waals surface area contributed by atoms with Crippen LogP contribution in [-0.2, 0) is 0 Å². The molecule has 0 aromatic heterocycles. The van der Waals surface area contributed by atoms with Crippen molar-refractivity contribution in [3.05, 3.63) is 35.9 Å². The molecule has 0 amide bonds. The number of benzene rings is 1. The van der Waals surface area contributed by atoms with Crippen molar-refractivity contribution in [2.75, 3.05) is 0 Å². The third-order valence-corrected chi connectivity index (χ3v) is 1.67. The van der Waals surface area contributed by atoms with E-state index in [0.717, 1.165) is 11.9 Å². The minimum absolute atomic E-state index is 0.560. The monoisotopic (exact) mass is 285 g/mol. The lowest BCUT2D eigenvalue weighted by molar-refractivity contribution is 1.48. The van der Waals surface area contributed by atoms with E-state index in [1.807, 2.05) is 52.9 Å². The van der Waals surface area contributed by atoms with Gasteiger partial charge in [-0.1, -0.05) is 30.3 Å². The Labute approximate surface area is 90.3 Å². The van der Waals surface area contributed by atoms with Crippen LogP contribution in [0.2, 0.25) is 0 Å². The van der Waals surface area contributed by atoms with Crippen molar-refractivity contribution < 1.29 is 0 Å². The molecule has 0 unspecified atom stereocenters. The highest BCUT2D eigenvalue weighted by atomic mass is 127. The predicted octanol–water partition coefficient (Wildman–Crippen LogP) is 2.50. The van der Waals surface area contributed by atoms with Gasteiger partial charge < -0.3 is 0 Å². The van der Waals surface area contributed by atoms with E-state index < -0.39 is 0 Å². The van der Waals surface area contributed by atoms with Gasteiger partial charge in [-0.15, -0.1) is 0 Å². The molecule has 66 valence electrons. The summed E-state index contributed by atoms with van der Waals surface area (Å²) in [6.07, 6.45) is 0.992. The van der Waals surface area contributed by atoms with Crippen molar-refractivity contribution >= 4 is 39.0 Å². The molecule has 3 nitrogen and oxygen atoms in total. The van der Waals surface area contributed by atoms with E-state index in [1.54, 1.807) is 4.22 Å². The molecule has 0 radical (unpaired) electrons. The van der Waals surface area contributed by atoms with Crippen LogP contribution in [0.4, 0.5) is 0 Å². The van der Waals surface area contributed by atoms with Crippen molar-refractivity contribution in [3.8, 4) is 0 Å². The Morgan fingerprint density at radius 1 is 1.31 bits per heavy atom. The van der Waals surface area contributed by atoms with Gasteiger partial charge >= 0.3 is 0 Å². The van der Waals surface area contributed by atoms with Gasteiger partial charge in [0.05, 0.1) is 4.22 Å². The van der Waals surface area contributed by atoms with Gasteiger partial charge in [-0.25, -0.2) is 9.98 Å². The Hall–Kier alpha value is -1.04. The average Bonchev–Trinajstić information content (AvgIpc) is 2.19. The van der Waals surface area contributed by atoms with Gasteiger partial charge in [0, 0.05) is 5.56 Å². The van der Waals surface area contributed by atoms with Crippen molar-refractivity contribution in [1.29, 1.82) is 5.41 Å². The maximum absolute atomic E-state index is 6.87. The number of hydrogen-bond donors (Lipinski definition) is 1. The fourth-order valence-corrected chi connectivity index (χ4v) is 1.14. The van der Waals surface area contributed by atoms with Crippen LogP contribution in [0.5, 0.6) is 0 Å². The molecule has 0 aliphatic rings. The first-order valence-electron chi connectivity index (χ1n) is 3.63. The molecule has 0 spiro atoms. The van der Waals surface area contributed by atoms with Gasteiger partial charge in [0.1, 0.15) is 6.34 Å². The third-order valence-electron chi connectivity index (χ3n) is 1.39. The number of nitrogens with one attached hydrogen (secondary N) is 1. The summed E-state index contributed by atoms with van der Waals surface area (Å²) in [6.45, 7) is 0. The quantitative estimate of drug-likeness (QED) is 0.493. The molecule has 0 bridgehead atoms. The molecule has 1 aromatic carbocycles. The maximum Gasteiger partial charge on any atom is 0.161 e. The summed E-state index contributed by atoms with van der Waals surface area (Å²) in [6, 6.07) is 9.58. The van der Waals surface area contributed by atoms with Crippen molar-refractivity contribution in [2.45, 2.75) is 0 Å². The van der Waals surface area contributed by atoms with E-state index in [0.29, 0.717) is 5.84 Å². The summed E-state index contributed by atoms with van der Waals surface area (Å²) < 4.78 is 1.63. The highest BCUT2D eigenvalue weighted by Crippen LogP contribution is 2.02. The summed E-state index contributed by atoms with van der Waals surface area (Å²) in [5.41, 5.74) is 0.916. The molecule has 0 heterocycles. The molecule has 1 N–H and O–H groups in total. The first-order valence-corrected chi connectivity index (χ1v) is 4.88. The Balaban J connectivity index is 3.03. The molecule has 1 rings (SSSR count). The number of rotatable bonds is 2. The Morgan fingerprint density at radius 2 is 2.00 bits per heavy atom. The second kappa shape index (κ2) is 5.58. The number of amidine groups is 1. The lowest BCUT2D eigenvalue weighted by Gasteiger charge is -1.96. The van der Waals surface area contributed by atoms with Crippen LogP contribution in [0, 0.1) is 5.41 Å². The highest BCUT2D eigenvalue weighted by Gasteiger charge is 1.97. The molecule has 1 aromatic rings. The van der Waals surface area contributed by atoms with Gasteiger partial charge in [0.25, 0.3) is 0 Å². The molecule has 0 saturated carbocycles. The molecule has 0 aliphatic carbocycles. The lowest BCUT2D eigenvalue weighted by Crippen LogP contribution is -1.96. The minimum Gasteiger partial charge on any atom is -0.289 e. The van der Waals surface area contributed by atoms with Crippen LogP contribution in [-0.4, -0.2) is 16.4 Å². The largest absolute Gasteiger partial charge is 0.289 e. The van der Waals surface area contributed by atoms with E-state index in [9.17, 15) is 0 Å². The summed E-state index contributed by atoms with van der Waals surface area (Å²) >= 11 is 2.02. The van der Waals surface area contributed by atoms with Crippen molar-refractivity contribution in [3.63, 3.8) is 0 Å². The van der Waals surface area contributed by atoms with Crippen LogP contribution in [0.15, 0.2) is 40.3 Å². The number of nitrogens with zero attached hydrogens (tertiary/aromatic N) is 2. The highest BCUT2D eigenvalue weighted by molar-refractivity contribution is 14.1. The normalized spacial score (nSPS) is 11.9. The Bertz CT molecular complexity index is 330. The average molecular weight is 285 g/mol. The summed E-state index contributed by atoms with van der Waals surface area (Å²) in [7, 11) is 0. The van der Waals surface area contributed by atoms with Crippen LogP contribution in [0.1, 0.15) is 5.56 Å². The summed E-state index contributed by atoms with van der Waals surface area (Å²) in [5, 5.41) is 6.87. The second-order valence-corrected chi connectivity index (χ2v) is 2.73. The summed E-state index contributed by atoms with van der Waals surface area (Å²) in [5.74, 6) is 0.560. The zero-order valence-electron chi connectivity index (χ0n) is 6.81. The van der Waals surface area contributed by atoms with Gasteiger partial charge in [0.15, 0.2) is 5.84 Å². The third kappa shape index (κ3) is 3.06. The Kier molecular flexibility index (Phi) is 4.31. The SMILES string of the molecule is N=C/N=C(\N=C/I)c1ccccc1. The molecule has 4 heteroatoms. The van der Waals surface area contributed by atoms with E-state index in [-0.39, 0.29) is 0 Å². The smallest absolute Gasteiger partial charge is 0.161 e. The first kappa shape index (κ1) is 10.0. The van der Waals surface area contributed by atoms with Gasteiger partial charge in [0.2, 0.25) is 0 Å². The van der Waals surface area contributed by atoms with Crippen molar-refractivity contribution in [1.82, 2.24) is 0 Å². The lowest BCUT2D eigenvalue weighted by atomic mass is 10.2. The number of aliphatic imine (C=N–C) groups is 2. The summed E-state index contributed by atoms with van der Waals surface area (Å²) in [4.78, 5) is 7.88. The Morgan fingerprint density at radius 3 is 2.54 bits per heavy atom. The zero-order valence-corrected chi connectivity index (χ0v) is 8.97. The molecule has 0 saturated heterocycles. The van der Waals surface area contributed by atoms with Gasteiger partial charge in [-0.05, 0) is 22.6 Å². The van der Waals surface area contributed by atoms with Crippen LogP contribution in [0.3, 0.4) is 0 Å². The van der Waals surface area contributed by atoms with Crippen LogP contribution < -0.4 is 0 Å². The second-order valence-electron chi connectivity index (χ2n) is 2.17. The standard InChI is InChI=1S/C9H8IN3/c10-6-12-9(13-7-11)8-4-2-1-3-5-8/h1-7,11H/b11-7?,12-6-,13-9-.